The van der Waals surface area contributed by atoms with Gasteiger partial charge in [0.2, 0.25) is 5.91 Å². The van der Waals surface area contributed by atoms with Gasteiger partial charge in [-0.2, -0.15) is 0 Å². The molecule has 5 heteroatoms. The molecule has 19 heavy (non-hydrogen) atoms. The van der Waals surface area contributed by atoms with Gasteiger partial charge in [0.15, 0.2) is 0 Å². The van der Waals surface area contributed by atoms with Crippen LogP contribution in [0.1, 0.15) is 12.8 Å². The number of hydrogen-bond acceptors (Lipinski definition) is 3. The highest BCUT2D eigenvalue weighted by Gasteiger charge is 2.09. The van der Waals surface area contributed by atoms with Gasteiger partial charge in [-0.1, -0.05) is 0 Å². The second-order valence-corrected chi connectivity index (χ2v) is 4.75. The standard InChI is InChI=1S/C14H20FN3O/c15-12-3-5-13(6-4-12)17-14(19)2-1-9-18-10-7-16-8-11-18/h3-6,16H,1-2,7-11H2,(H,17,19). The molecule has 0 spiro atoms. The third-order valence-corrected chi connectivity index (χ3v) is 3.22. The molecule has 1 saturated heterocycles. The lowest BCUT2D eigenvalue weighted by Gasteiger charge is -2.26. The summed E-state index contributed by atoms with van der Waals surface area (Å²) >= 11 is 0. The lowest BCUT2D eigenvalue weighted by Crippen LogP contribution is -2.43. The Hall–Kier alpha value is -1.46. The maximum Gasteiger partial charge on any atom is 0.224 e. The van der Waals surface area contributed by atoms with E-state index < -0.39 is 0 Å². The molecule has 1 amide bonds. The molecular formula is C14H20FN3O. The first kappa shape index (κ1) is 14.0. The smallest absolute Gasteiger partial charge is 0.224 e. The molecule has 1 aliphatic heterocycles. The molecule has 0 atom stereocenters. The summed E-state index contributed by atoms with van der Waals surface area (Å²) < 4.78 is 12.7. The van der Waals surface area contributed by atoms with Gasteiger partial charge >= 0.3 is 0 Å². The van der Waals surface area contributed by atoms with Crippen molar-refractivity contribution in [1.29, 1.82) is 0 Å². The number of halogens is 1. The monoisotopic (exact) mass is 265 g/mol. The number of benzene rings is 1. The molecule has 0 saturated carbocycles. The van der Waals surface area contributed by atoms with Crippen LogP contribution in [0.2, 0.25) is 0 Å². The summed E-state index contributed by atoms with van der Waals surface area (Å²) in [5, 5.41) is 6.07. The second kappa shape index (κ2) is 7.21. The fourth-order valence-electron chi connectivity index (χ4n) is 2.15. The van der Waals surface area contributed by atoms with Crippen molar-refractivity contribution >= 4 is 11.6 Å². The highest BCUT2D eigenvalue weighted by atomic mass is 19.1. The molecule has 0 aromatic heterocycles. The van der Waals surface area contributed by atoms with Gasteiger partial charge in [0.1, 0.15) is 5.82 Å². The molecule has 2 rings (SSSR count). The summed E-state index contributed by atoms with van der Waals surface area (Å²) in [6.07, 6.45) is 1.36. The number of carbonyl (C=O) groups is 1. The summed E-state index contributed by atoms with van der Waals surface area (Å²) in [7, 11) is 0. The minimum Gasteiger partial charge on any atom is -0.326 e. The summed E-state index contributed by atoms with van der Waals surface area (Å²) in [6, 6.07) is 5.83. The Morgan fingerprint density at radius 3 is 2.63 bits per heavy atom. The van der Waals surface area contributed by atoms with Gasteiger partial charge in [-0.05, 0) is 37.2 Å². The van der Waals surface area contributed by atoms with Crippen molar-refractivity contribution in [3.8, 4) is 0 Å². The van der Waals surface area contributed by atoms with Gasteiger partial charge < -0.3 is 15.5 Å². The molecule has 104 valence electrons. The Morgan fingerprint density at radius 1 is 1.26 bits per heavy atom. The zero-order valence-electron chi connectivity index (χ0n) is 11.0. The molecule has 1 aliphatic rings. The largest absolute Gasteiger partial charge is 0.326 e. The Balaban J connectivity index is 1.65. The van der Waals surface area contributed by atoms with Gasteiger partial charge in [0.05, 0.1) is 0 Å². The SMILES string of the molecule is O=C(CCCN1CCNCC1)Nc1ccc(F)cc1. The molecule has 2 N–H and O–H groups in total. The first-order valence-corrected chi connectivity index (χ1v) is 6.72. The van der Waals surface area contributed by atoms with E-state index >= 15 is 0 Å². The highest BCUT2D eigenvalue weighted by Crippen LogP contribution is 2.09. The van der Waals surface area contributed by atoms with Crippen LogP contribution in [-0.2, 0) is 4.79 Å². The fraction of sp³-hybridized carbons (Fsp3) is 0.500. The van der Waals surface area contributed by atoms with Crippen LogP contribution in [0.3, 0.4) is 0 Å². The average molecular weight is 265 g/mol. The minimum absolute atomic E-state index is 0.0123. The van der Waals surface area contributed by atoms with E-state index in [2.05, 4.69) is 15.5 Å². The molecule has 1 aromatic carbocycles. The molecule has 0 radical (unpaired) electrons. The van der Waals surface area contributed by atoms with Gasteiger partial charge in [-0.25, -0.2) is 4.39 Å². The Bertz CT molecular complexity index is 402. The number of piperazine rings is 1. The van der Waals surface area contributed by atoms with E-state index in [1.54, 1.807) is 12.1 Å². The zero-order chi connectivity index (χ0) is 13.5. The second-order valence-electron chi connectivity index (χ2n) is 4.75. The van der Waals surface area contributed by atoms with Crippen molar-refractivity contribution in [2.24, 2.45) is 0 Å². The molecule has 0 unspecified atom stereocenters. The van der Waals surface area contributed by atoms with Gasteiger partial charge in [0.25, 0.3) is 0 Å². The molecular weight excluding hydrogens is 245 g/mol. The maximum atomic E-state index is 12.7. The van der Waals surface area contributed by atoms with Crippen molar-refractivity contribution in [3.63, 3.8) is 0 Å². The van der Waals surface area contributed by atoms with E-state index in [-0.39, 0.29) is 11.7 Å². The average Bonchev–Trinajstić information content (AvgIpc) is 2.43. The predicted octanol–water partition coefficient (Wildman–Crippen LogP) is 1.45. The number of anilines is 1. The van der Waals surface area contributed by atoms with Gasteiger partial charge in [-0.3, -0.25) is 4.79 Å². The van der Waals surface area contributed by atoms with Crippen molar-refractivity contribution in [1.82, 2.24) is 10.2 Å². The lowest BCUT2D eigenvalue weighted by molar-refractivity contribution is -0.116. The number of nitrogens with zero attached hydrogens (tertiary/aromatic N) is 1. The highest BCUT2D eigenvalue weighted by molar-refractivity contribution is 5.90. The third kappa shape index (κ3) is 4.96. The van der Waals surface area contributed by atoms with E-state index in [1.807, 2.05) is 0 Å². The van der Waals surface area contributed by atoms with E-state index in [1.165, 1.54) is 12.1 Å². The van der Waals surface area contributed by atoms with Crippen LogP contribution in [0.5, 0.6) is 0 Å². The van der Waals surface area contributed by atoms with Crippen molar-refractivity contribution in [3.05, 3.63) is 30.1 Å². The minimum atomic E-state index is -0.295. The van der Waals surface area contributed by atoms with Gasteiger partial charge in [-0.15, -0.1) is 0 Å². The van der Waals surface area contributed by atoms with Crippen LogP contribution in [0, 0.1) is 5.82 Å². The Kier molecular flexibility index (Phi) is 5.30. The van der Waals surface area contributed by atoms with Crippen LogP contribution >= 0.6 is 0 Å². The van der Waals surface area contributed by atoms with Crippen LogP contribution in [0.15, 0.2) is 24.3 Å². The maximum absolute atomic E-state index is 12.7. The summed E-state index contributed by atoms with van der Waals surface area (Å²) in [5.41, 5.74) is 0.647. The third-order valence-electron chi connectivity index (χ3n) is 3.22. The van der Waals surface area contributed by atoms with E-state index in [0.717, 1.165) is 39.1 Å². The molecule has 1 heterocycles. The molecule has 0 bridgehead atoms. The van der Waals surface area contributed by atoms with Crippen LogP contribution in [0.4, 0.5) is 10.1 Å². The fourth-order valence-corrected chi connectivity index (χ4v) is 2.15. The van der Waals surface area contributed by atoms with Crippen molar-refractivity contribution < 1.29 is 9.18 Å². The molecule has 1 fully saturated rings. The number of amides is 1. The van der Waals surface area contributed by atoms with Crippen LogP contribution in [0.25, 0.3) is 0 Å². The van der Waals surface area contributed by atoms with E-state index in [0.29, 0.717) is 12.1 Å². The Morgan fingerprint density at radius 2 is 1.95 bits per heavy atom. The van der Waals surface area contributed by atoms with Crippen molar-refractivity contribution in [2.75, 3.05) is 38.0 Å². The van der Waals surface area contributed by atoms with Gasteiger partial charge in [0, 0.05) is 38.3 Å². The first-order valence-electron chi connectivity index (χ1n) is 6.72. The summed E-state index contributed by atoms with van der Waals surface area (Å²) in [5.74, 6) is -0.307. The first-order chi connectivity index (χ1) is 9.24. The molecule has 4 nitrogen and oxygen atoms in total. The quantitative estimate of drug-likeness (QED) is 0.847. The molecule has 1 aromatic rings. The van der Waals surface area contributed by atoms with Crippen molar-refractivity contribution in [2.45, 2.75) is 12.8 Å². The Labute approximate surface area is 113 Å². The number of nitrogens with one attached hydrogen (secondary N) is 2. The number of hydrogen-bond donors (Lipinski definition) is 2. The van der Waals surface area contributed by atoms with E-state index in [9.17, 15) is 9.18 Å². The topological polar surface area (TPSA) is 44.4 Å². The zero-order valence-corrected chi connectivity index (χ0v) is 11.0. The summed E-state index contributed by atoms with van der Waals surface area (Å²) in [6.45, 7) is 5.13. The normalized spacial score (nSPS) is 16.3. The predicted molar refractivity (Wildman–Crippen MR) is 73.6 cm³/mol. The number of carbonyl (C=O) groups excluding carboxylic acids is 1. The summed E-state index contributed by atoms with van der Waals surface area (Å²) in [4.78, 5) is 14.1. The van der Waals surface area contributed by atoms with Crippen LogP contribution < -0.4 is 10.6 Å². The molecule has 0 aliphatic carbocycles. The number of rotatable bonds is 5. The lowest BCUT2D eigenvalue weighted by atomic mass is 10.2. The van der Waals surface area contributed by atoms with E-state index in [4.69, 9.17) is 0 Å². The van der Waals surface area contributed by atoms with Crippen LogP contribution in [-0.4, -0.2) is 43.5 Å².